The van der Waals surface area contributed by atoms with Crippen LogP contribution < -0.4 is 11.3 Å². The molecule has 2 N–H and O–H groups in total. The summed E-state index contributed by atoms with van der Waals surface area (Å²) in [6, 6.07) is 3.63. The first-order valence-electron chi connectivity index (χ1n) is 5.47. The molecule has 0 fully saturated rings. The quantitative estimate of drug-likeness (QED) is 0.815. The summed E-state index contributed by atoms with van der Waals surface area (Å²) in [7, 11) is 0. The minimum Gasteiger partial charge on any atom is -0.326 e. The van der Waals surface area contributed by atoms with Crippen LogP contribution in [0.4, 0.5) is 0 Å². The van der Waals surface area contributed by atoms with E-state index in [1.807, 2.05) is 19.2 Å². The molecule has 0 aromatic carbocycles. The normalized spacial score (nSPS) is 14.9. The van der Waals surface area contributed by atoms with Crippen molar-refractivity contribution in [1.82, 2.24) is 4.57 Å². The monoisotopic (exact) mass is 208 g/mol. The van der Waals surface area contributed by atoms with E-state index in [1.54, 1.807) is 10.6 Å². The van der Waals surface area contributed by atoms with Gasteiger partial charge in [0.1, 0.15) is 0 Å². The molecule has 0 aliphatic carbocycles. The van der Waals surface area contributed by atoms with Crippen LogP contribution >= 0.6 is 0 Å². The molecule has 2 unspecified atom stereocenters. The van der Waals surface area contributed by atoms with Crippen molar-refractivity contribution < 1.29 is 0 Å². The third-order valence-electron chi connectivity index (χ3n) is 2.93. The van der Waals surface area contributed by atoms with Crippen LogP contribution in [0.1, 0.15) is 25.8 Å². The van der Waals surface area contributed by atoms with Crippen LogP contribution in [0.25, 0.3) is 0 Å². The van der Waals surface area contributed by atoms with Gasteiger partial charge in [0.05, 0.1) is 0 Å². The Kier molecular flexibility index (Phi) is 4.09. The van der Waals surface area contributed by atoms with Gasteiger partial charge in [-0.3, -0.25) is 4.79 Å². The number of pyridine rings is 1. The van der Waals surface area contributed by atoms with Crippen LogP contribution in [0.5, 0.6) is 0 Å². The molecule has 1 heterocycles. The Bertz CT molecular complexity index is 370. The van der Waals surface area contributed by atoms with Gasteiger partial charge in [-0.15, -0.1) is 0 Å². The smallest absolute Gasteiger partial charge is 0.250 e. The van der Waals surface area contributed by atoms with Gasteiger partial charge >= 0.3 is 0 Å². The van der Waals surface area contributed by atoms with Gasteiger partial charge in [-0.1, -0.05) is 20.3 Å². The molecule has 0 spiro atoms. The van der Waals surface area contributed by atoms with Crippen molar-refractivity contribution in [1.29, 1.82) is 0 Å². The second-order valence-electron chi connectivity index (χ2n) is 4.24. The summed E-state index contributed by atoms with van der Waals surface area (Å²) in [5.74, 6) is 0.443. The molecule has 3 nitrogen and oxygen atoms in total. The number of nitrogens with zero attached hydrogens (tertiary/aromatic N) is 1. The molecule has 0 radical (unpaired) electrons. The predicted molar refractivity (Wildman–Crippen MR) is 62.9 cm³/mol. The SMILES string of the molecule is CCC(C)C(N)Cn1ccc(C)cc1=O. The van der Waals surface area contributed by atoms with E-state index < -0.39 is 0 Å². The Labute approximate surface area is 90.9 Å². The topological polar surface area (TPSA) is 48.0 Å². The van der Waals surface area contributed by atoms with E-state index in [0.29, 0.717) is 12.5 Å². The Balaban J connectivity index is 2.77. The molecule has 0 saturated carbocycles. The fraction of sp³-hybridized carbons (Fsp3) is 0.583. The van der Waals surface area contributed by atoms with E-state index in [0.717, 1.165) is 12.0 Å². The van der Waals surface area contributed by atoms with Crippen molar-refractivity contribution in [2.24, 2.45) is 11.7 Å². The minimum absolute atomic E-state index is 0.0359. The number of nitrogens with two attached hydrogens (primary N) is 1. The Hall–Kier alpha value is -1.09. The maximum atomic E-state index is 11.6. The molecule has 0 saturated heterocycles. The lowest BCUT2D eigenvalue weighted by Gasteiger charge is -2.19. The maximum Gasteiger partial charge on any atom is 0.250 e. The lowest BCUT2D eigenvalue weighted by Crippen LogP contribution is -2.36. The molecule has 15 heavy (non-hydrogen) atoms. The zero-order valence-electron chi connectivity index (χ0n) is 9.73. The van der Waals surface area contributed by atoms with Crippen molar-refractivity contribution in [3.63, 3.8) is 0 Å². The Morgan fingerprint density at radius 2 is 2.20 bits per heavy atom. The molecular formula is C12H20N2O. The van der Waals surface area contributed by atoms with Crippen LogP contribution in [0.3, 0.4) is 0 Å². The number of aromatic nitrogens is 1. The average molecular weight is 208 g/mol. The summed E-state index contributed by atoms with van der Waals surface area (Å²) < 4.78 is 1.68. The third kappa shape index (κ3) is 3.20. The number of aryl methyl sites for hydroxylation is 1. The van der Waals surface area contributed by atoms with Gasteiger partial charge in [-0.25, -0.2) is 0 Å². The average Bonchev–Trinajstić information content (AvgIpc) is 2.20. The van der Waals surface area contributed by atoms with Gasteiger partial charge < -0.3 is 10.3 Å². The highest BCUT2D eigenvalue weighted by molar-refractivity contribution is 5.08. The zero-order valence-corrected chi connectivity index (χ0v) is 9.73. The number of hydrogen-bond acceptors (Lipinski definition) is 2. The molecule has 1 aromatic heterocycles. The van der Waals surface area contributed by atoms with Crippen molar-refractivity contribution in [2.75, 3.05) is 0 Å². The van der Waals surface area contributed by atoms with Gasteiger partial charge in [-0.2, -0.15) is 0 Å². The van der Waals surface area contributed by atoms with E-state index in [1.165, 1.54) is 0 Å². The van der Waals surface area contributed by atoms with Crippen molar-refractivity contribution in [2.45, 2.75) is 39.8 Å². The van der Waals surface area contributed by atoms with Gasteiger partial charge in [0, 0.05) is 24.8 Å². The van der Waals surface area contributed by atoms with Gasteiger partial charge in [0.15, 0.2) is 0 Å². The van der Waals surface area contributed by atoms with Gasteiger partial charge in [0.25, 0.3) is 5.56 Å². The van der Waals surface area contributed by atoms with E-state index in [9.17, 15) is 4.79 Å². The van der Waals surface area contributed by atoms with Crippen molar-refractivity contribution in [3.8, 4) is 0 Å². The molecule has 3 heteroatoms. The molecular weight excluding hydrogens is 188 g/mol. The number of rotatable bonds is 4. The highest BCUT2D eigenvalue weighted by Gasteiger charge is 2.11. The summed E-state index contributed by atoms with van der Waals surface area (Å²) in [5.41, 5.74) is 7.04. The third-order valence-corrected chi connectivity index (χ3v) is 2.93. The number of hydrogen-bond donors (Lipinski definition) is 1. The second-order valence-corrected chi connectivity index (χ2v) is 4.24. The molecule has 0 bridgehead atoms. The highest BCUT2D eigenvalue weighted by Crippen LogP contribution is 2.06. The Morgan fingerprint density at radius 1 is 1.53 bits per heavy atom. The molecule has 2 atom stereocenters. The van der Waals surface area contributed by atoms with E-state index in [4.69, 9.17) is 5.73 Å². The van der Waals surface area contributed by atoms with E-state index in [-0.39, 0.29) is 11.6 Å². The lowest BCUT2D eigenvalue weighted by atomic mass is 10.00. The first kappa shape index (κ1) is 12.0. The second kappa shape index (κ2) is 5.12. The summed E-state index contributed by atoms with van der Waals surface area (Å²) in [4.78, 5) is 11.6. The van der Waals surface area contributed by atoms with Crippen molar-refractivity contribution >= 4 is 0 Å². The molecule has 1 aromatic rings. The van der Waals surface area contributed by atoms with E-state index in [2.05, 4.69) is 13.8 Å². The van der Waals surface area contributed by atoms with E-state index >= 15 is 0 Å². The summed E-state index contributed by atoms with van der Waals surface area (Å²) in [6.07, 6.45) is 2.86. The first-order valence-corrected chi connectivity index (χ1v) is 5.47. The van der Waals surface area contributed by atoms with Crippen LogP contribution in [0.2, 0.25) is 0 Å². The summed E-state index contributed by atoms with van der Waals surface area (Å²) in [6.45, 7) is 6.75. The van der Waals surface area contributed by atoms with Gasteiger partial charge in [0.2, 0.25) is 0 Å². The van der Waals surface area contributed by atoms with Crippen LogP contribution in [0, 0.1) is 12.8 Å². The zero-order chi connectivity index (χ0) is 11.4. The molecule has 0 aliphatic rings. The fourth-order valence-electron chi connectivity index (χ4n) is 1.47. The van der Waals surface area contributed by atoms with Gasteiger partial charge in [-0.05, 0) is 24.5 Å². The molecule has 84 valence electrons. The Morgan fingerprint density at radius 3 is 2.73 bits per heavy atom. The molecule has 0 aliphatic heterocycles. The molecule has 0 amide bonds. The molecule has 1 rings (SSSR count). The largest absolute Gasteiger partial charge is 0.326 e. The van der Waals surface area contributed by atoms with Crippen LogP contribution in [-0.2, 0) is 6.54 Å². The maximum absolute atomic E-state index is 11.6. The summed E-state index contributed by atoms with van der Waals surface area (Å²) in [5, 5.41) is 0. The van der Waals surface area contributed by atoms with Crippen molar-refractivity contribution in [3.05, 3.63) is 34.2 Å². The predicted octanol–water partition coefficient (Wildman–Crippen LogP) is 1.53. The first-order chi connectivity index (χ1) is 7.04. The fourth-order valence-corrected chi connectivity index (χ4v) is 1.47. The van der Waals surface area contributed by atoms with Crippen LogP contribution in [-0.4, -0.2) is 10.6 Å². The summed E-state index contributed by atoms with van der Waals surface area (Å²) >= 11 is 0. The standard InChI is InChI=1S/C12H20N2O/c1-4-10(3)11(13)8-14-6-5-9(2)7-12(14)15/h5-7,10-11H,4,8,13H2,1-3H3. The minimum atomic E-state index is 0.0359. The highest BCUT2D eigenvalue weighted by atomic mass is 16.1. The lowest BCUT2D eigenvalue weighted by molar-refractivity contribution is 0.392. The van der Waals surface area contributed by atoms with Crippen LogP contribution in [0.15, 0.2) is 23.1 Å².